The molecule has 1 atom stereocenters. The lowest BCUT2D eigenvalue weighted by atomic mass is 9.97. The molecular formula is C27H27F6N5O5. The van der Waals surface area contributed by atoms with Gasteiger partial charge < -0.3 is 19.9 Å². The molecule has 10 nitrogen and oxygen atoms in total. The zero-order valence-electron chi connectivity index (χ0n) is 22.3. The third-order valence-electron chi connectivity index (χ3n) is 6.03. The molecule has 0 saturated carbocycles. The van der Waals surface area contributed by atoms with Crippen molar-refractivity contribution in [1.82, 2.24) is 19.5 Å². The van der Waals surface area contributed by atoms with Crippen molar-refractivity contribution in [3.63, 3.8) is 0 Å². The van der Waals surface area contributed by atoms with E-state index >= 15 is 0 Å². The Morgan fingerprint density at radius 1 is 0.953 bits per heavy atom. The summed E-state index contributed by atoms with van der Waals surface area (Å²) < 4.78 is 70.6. The van der Waals surface area contributed by atoms with Crippen molar-refractivity contribution in [2.45, 2.75) is 44.2 Å². The number of nitrogens with one attached hydrogen (secondary N) is 1. The van der Waals surface area contributed by atoms with E-state index in [4.69, 9.17) is 34.3 Å². The van der Waals surface area contributed by atoms with E-state index in [0.717, 1.165) is 49.8 Å². The molecule has 4 aromatic rings. The summed E-state index contributed by atoms with van der Waals surface area (Å²) in [4.78, 5) is 25.1. The first-order valence-electron chi connectivity index (χ1n) is 12.7. The number of halogens is 6. The predicted octanol–water partition coefficient (Wildman–Crippen LogP) is 5.58. The quantitative estimate of drug-likeness (QED) is 0.238. The van der Waals surface area contributed by atoms with Crippen LogP contribution in [0.1, 0.15) is 35.7 Å². The molecule has 3 aromatic heterocycles. The fourth-order valence-electron chi connectivity index (χ4n) is 4.03. The van der Waals surface area contributed by atoms with Crippen LogP contribution in [0.2, 0.25) is 0 Å². The normalized spacial score (nSPS) is 15.5. The highest BCUT2D eigenvalue weighted by molar-refractivity contribution is 5.73. The summed E-state index contributed by atoms with van der Waals surface area (Å²) in [5.41, 5.74) is 4.43. The second-order valence-corrected chi connectivity index (χ2v) is 9.34. The highest BCUT2D eigenvalue weighted by Crippen LogP contribution is 2.26. The number of piperidine rings is 1. The van der Waals surface area contributed by atoms with E-state index in [9.17, 15) is 26.3 Å². The molecule has 1 fully saturated rings. The van der Waals surface area contributed by atoms with Crippen LogP contribution in [0.15, 0.2) is 71.7 Å². The number of rotatable bonds is 6. The van der Waals surface area contributed by atoms with Gasteiger partial charge >= 0.3 is 24.3 Å². The first-order chi connectivity index (χ1) is 20.2. The number of hydrogen-bond acceptors (Lipinski definition) is 7. The molecule has 0 bridgehead atoms. The lowest BCUT2D eigenvalue weighted by Crippen LogP contribution is -2.34. The summed E-state index contributed by atoms with van der Waals surface area (Å²) in [5.74, 6) is -4.20. The minimum Gasteiger partial charge on any atom is -0.475 e. The highest BCUT2D eigenvalue weighted by atomic mass is 19.4. The van der Waals surface area contributed by atoms with Gasteiger partial charge in [-0.2, -0.15) is 31.4 Å². The number of pyridine rings is 1. The number of aliphatic carboxylic acids is 2. The van der Waals surface area contributed by atoms with Crippen molar-refractivity contribution in [1.29, 1.82) is 0 Å². The van der Waals surface area contributed by atoms with Gasteiger partial charge in [-0.25, -0.2) is 19.1 Å². The number of likely N-dealkylation sites (tertiary alicyclic amines) is 1. The summed E-state index contributed by atoms with van der Waals surface area (Å²) in [7, 11) is 0. The number of aromatic nitrogens is 3. The number of carboxylic acids is 2. The molecule has 1 aromatic carbocycles. The average molecular weight is 616 g/mol. The molecule has 16 heteroatoms. The fourth-order valence-corrected chi connectivity index (χ4v) is 4.03. The van der Waals surface area contributed by atoms with Crippen LogP contribution in [0.3, 0.4) is 0 Å². The van der Waals surface area contributed by atoms with Crippen LogP contribution >= 0.6 is 0 Å². The van der Waals surface area contributed by atoms with Gasteiger partial charge in [0.15, 0.2) is 11.5 Å². The summed E-state index contributed by atoms with van der Waals surface area (Å²) in [6.07, 6.45) is -2.26. The Labute approximate surface area is 240 Å². The lowest BCUT2D eigenvalue weighted by Gasteiger charge is -2.30. The average Bonchev–Trinajstić information content (AvgIpc) is 3.62. The van der Waals surface area contributed by atoms with Crippen molar-refractivity contribution in [3.8, 4) is 0 Å². The second-order valence-electron chi connectivity index (χ2n) is 9.34. The minimum atomic E-state index is -5.08. The van der Waals surface area contributed by atoms with Gasteiger partial charge in [-0.3, -0.25) is 4.90 Å². The topological polar surface area (TPSA) is 133 Å². The van der Waals surface area contributed by atoms with Crippen LogP contribution in [-0.4, -0.2) is 67.1 Å². The SMILES string of the molecule is O=C(O)C(F)(F)F.O=C(O)C(F)(F)F.c1ccc(CNc2ccc3nc(C4CCCN(Cc5ccoc5)C4)nn3c2)cc1. The number of anilines is 1. The monoisotopic (exact) mass is 615 g/mol. The molecule has 1 aliphatic heterocycles. The number of alkyl halides is 6. The van der Waals surface area contributed by atoms with E-state index in [1.807, 2.05) is 35.2 Å². The van der Waals surface area contributed by atoms with Gasteiger partial charge in [-0.15, -0.1) is 0 Å². The van der Waals surface area contributed by atoms with Crippen LogP contribution in [0, 0.1) is 0 Å². The molecule has 0 aliphatic carbocycles. The number of fused-ring (bicyclic) bond motifs is 1. The summed E-state index contributed by atoms with van der Waals surface area (Å²) >= 11 is 0. The van der Waals surface area contributed by atoms with E-state index in [1.165, 1.54) is 17.5 Å². The van der Waals surface area contributed by atoms with Gasteiger partial charge in [-0.1, -0.05) is 30.3 Å². The van der Waals surface area contributed by atoms with Gasteiger partial charge in [0.2, 0.25) is 0 Å². The van der Waals surface area contributed by atoms with E-state index in [-0.39, 0.29) is 0 Å². The van der Waals surface area contributed by atoms with Crippen LogP contribution in [-0.2, 0) is 22.7 Å². The Bertz CT molecular complexity index is 1430. The van der Waals surface area contributed by atoms with Gasteiger partial charge in [0.05, 0.1) is 24.4 Å². The van der Waals surface area contributed by atoms with Crippen LogP contribution < -0.4 is 5.32 Å². The second kappa shape index (κ2) is 14.5. The molecule has 1 unspecified atom stereocenters. The largest absolute Gasteiger partial charge is 0.490 e. The number of carboxylic acid groups (broad SMARTS) is 2. The number of carbonyl (C=O) groups is 2. The molecule has 5 rings (SSSR count). The Kier molecular flexibility index (Phi) is 11.1. The Balaban J connectivity index is 0.000000303. The molecule has 4 heterocycles. The van der Waals surface area contributed by atoms with Crippen LogP contribution in [0.25, 0.3) is 5.65 Å². The first kappa shape index (κ1) is 32.9. The Hall–Kier alpha value is -4.60. The Morgan fingerprint density at radius 3 is 2.19 bits per heavy atom. The maximum Gasteiger partial charge on any atom is 0.490 e. The third kappa shape index (κ3) is 10.6. The Morgan fingerprint density at radius 2 is 1.60 bits per heavy atom. The molecule has 1 aliphatic rings. The van der Waals surface area contributed by atoms with Crippen molar-refractivity contribution in [2.75, 3.05) is 18.4 Å². The van der Waals surface area contributed by atoms with Gasteiger partial charge in [-0.05, 0) is 43.1 Å². The molecule has 0 radical (unpaired) electrons. The van der Waals surface area contributed by atoms with Gasteiger partial charge in [0.25, 0.3) is 0 Å². The molecule has 1 saturated heterocycles. The first-order valence-corrected chi connectivity index (χ1v) is 12.7. The van der Waals surface area contributed by atoms with E-state index < -0.39 is 24.3 Å². The van der Waals surface area contributed by atoms with E-state index in [0.29, 0.717) is 5.92 Å². The molecule has 232 valence electrons. The van der Waals surface area contributed by atoms with E-state index in [2.05, 4.69) is 40.5 Å². The van der Waals surface area contributed by atoms with Crippen LogP contribution in [0.4, 0.5) is 32.0 Å². The third-order valence-corrected chi connectivity index (χ3v) is 6.03. The van der Waals surface area contributed by atoms with Crippen LogP contribution in [0.5, 0.6) is 0 Å². The molecule has 43 heavy (non-hydrogen) atoms. The number of nitrogens with zero attached hydrogens (tertiary/aromatic N) is 4. The fraction of sp³-hybridized carbons (Fsp3) is 0.333. The van der Waals surface area contributed by atoms with Gasteiger partial charge in [0.1, 0.15) is 0 Å². The van der Waals surface area contributed by atoms with Crippen molar-refractivity contribution in [2.24, 2.45) is 0 Å². The van der Waals surface area contributed by atoms with Crippen molar-refractivity contribution in [3.05, 3.63) is 84.2 Å². The lowest BCUT2D eigenvalue weighted by molar-refractivity contribution is -0.193. The maximum absolute atomic E-state index is 10.6. The van der Waals surface area contributed by atoms with E-state index in [1.54, 1.807) is 6.26 Å². The van der Waals surface area contributed by atoms with Gasteiger partial charge in [0, 0.05) is 31.1 Å². The zero-order chi connectivity index (χ0) is 31.6. The standard InChI is InChI=1S/C23H25N5O.2C2HF3O2/c1-2-5-18(6-3-1)13-24-21-8-9-22-25-23(26-28(22)16-21)20-7-4-11-27(15-20)14-19-10-12-29-17-19;2*3-2(4,5)1(6)7/h1-3,5-6,8-10,12,16-17,20,24H,4,7,11,13-15H2;2*(H,6,7). The zero-order valence-corrected chi connectivity index (χ0v) is 22.3. The maximum atomic E-state index is 10.6. The van der Waals surface area contributed by atoms with Crippen molar-refractivity contribution < 1.29 is 50.6 Å². The van der Waals surface area contributed by atoms with Crippen molar-refractivity contribution >= 4 is 23.3 Å². The summed E-state index contributed by atoms with van der Waals surface area (Å²) in [5, 5.41) is 22.5. The molecular weight excluding hydrogens is 588 g/mol. The minimum absolute atomic E-state index is 0.372. The summed E-state index contributed by atoms with van der Waals surface area (Å²) in [6, 6.07) is 16.5. The number of benzene rings is 1. The smallest absolute Gasteiger partial charge is 0.475 e. The molecule has 3 N–H and O–H groups in total. The number of hydrogen-bond donors (Lipinski definition) is 3. The summed E-state index contributed by atoms with van der Waals surface area (Å²) in [6.45, 7) is 3.82. The predicted molar refractivity (Wildman–Crippen MR) is 140 cm³/mol. The molecule has 0 spiro atoms. The molecule has 0 amide bonds. The number of furan rings is 1. The highest BCUT2D eigenvalue weighted by Gasteiger charge is 2.38.